The van der Waals surface area contributed by atoms with Gasteiger partial charge in [0.2, 0.25) is 0 Å². The molecule has 2 amide bonds. The van der Waals surface area contributed by atoms with Gasteiger partial charge in [0.25, 0.3) is 0 Å². The predicted octanol–water partition coefficient (Wildman–Crippen LogP) is 0.419. The number of carbonyl (C=O) groups is 1. The van der Waals surface area contributed by atoms with Crippen molar-refractivity contribution >= 4 is 6.03 Å². The maximum atomic E-state index is 11.3. The van der Waals surface area contributed by atoms with Crippen molar-refractivity contribution < 1.29 is 9.90 Å². The lowest BCUT2D eigenvalue weighted by atomic mass is 9.82. The van der Waals surface area contributed by atoms with Crippen molar-refractivity contribution in [3.8, 4) is 0 Å². The molecule has 4 heteroatoms. The highest BCUT2D eigenvalue weighted by molar-refractivity contribution is 5.73. The van der Waals surface area contributed by atoms with Crippen LogP contribution in [0.3, 0.4) is 0 Å². The van der Waals surface area contributed by atoms with Crippen LogP contribution in [0.5, 0.6) is 0 Å². The Morgan fingerprint density at radius 2 is 2.23 bits per heavy atom. The van der Waals surface area contributed by atoms with Gasteiger partial charge < -0.3 is 15.3 Å². The number of hydrogen-bond donors (Lipinski definition) is 2. The third kappa shape index (κ3) is 2.88. The molecule has 0 aromatic carbocycles. The fourth-order valence-electron chi connectivity index (χ4n) is 1.38. The number of rotatable bonds is 3. The maximum Gasteiger partial charge on any atom is 0.317 e. The lowest BCUT2D eigenvalue weighted by Gasteiger charge is -2.31. The van der Waals surface area contributed by atoms with E-state index in [0.717, 1.165) is 19.4 Å². The summed E-state index contributed by atoms with van der Waals surface area (Å²) in [5.41, 5.74) is 0. The van der Waals surface area contributed by atoms with Crippen LogP contribution in [0.4, 0.5) is 4.79 Å². The molecule has 1 aliphatic rings. The minimum Gasteiger partial charge on any atom is -0.393 e. The van der Waals surface area contributed by atoms with Crippen molar-refractivity contribution in [1.29, 1.82) is 0 Å². The SMILES string of the molecule is CCN(C)C(=O)NCC1CC(O)C1. The summed E-state index contributed by atoms with van der Waals surface area (Å²) in [4.78, 5) is 12.9. The smallest absolute Gasteiger partial charge is 0.317 e. The first-order valence-electron chi connectivity index (χ1n) is 4.80. The monoisotopic (exact) mass is 186 g/mol. The third-order valence-electron chi connectivity index (χ3n) is 2.57. The lowest BCUT2D eigenvalue weighted by molar-refractivity contribution is 0.0436. The molecule has 1 rings (SSSR count). The minimum absolute atomic E-state index is 0.0242. The number of nitrogens with zero attached hydrogens (tertiary/aromatic N) is 1. The van der Waals surface area contributed by atoms with Crippen molar-refractivity contribution in [2.24, 2.45) is 5.92 Å². The van der Waals surface area contributed by atoms with Gasteiger partial charge in [0.1, 0.15) is 0 Å². The fourth-order valence-corrected chi connectivity index (χ4v) is 1.38. The van der Waals surface area contributed by atoms with E-state index in [-0.39, 0.29) is 12.1 Å². The van der Waals surface area contributed by atoms with E-state index in [4.69, 9.17) is 5.11 Å². The van der Waals surface area contributed by atoms with Crippen molar-refractivity contribution in [2.75, 3.05) is 20.1 Å². The largest absolute Gasteiger partial charge is 0.393 e. The number of amides is 2. The van der Waals surface area contributed by atoms with E-state index in [1.807, 2.05) is 6.92 Å². The Kier molecular flexibility index (Phi) is 3.54. The molecule has 1 saturated carbocycles. The van der Waals surface area contributed by atoms with E-state index in [0.29, 0.717) is 12.5 Å². The number of hydrogen-bond acceptors (Lipinski definition) is 2. The molecule has 0 spiro atoms. The molecule has 0 bridgehead atoms. The zero-order valence-electron chi connectivity index (χ0n) is 8.29. The van der Waals surface area contributed by atoms with Crippen LogP contribution in [-0.4, -0.2) is 42.3 Å². The Morgan fingerprint density at radius 1 is 1.62 bits per heavy atom. The van der Waals surface area contributed by atoms with Gasteiger partial charge in [-0.2, -0.15) is 0 Å². The summed E-state index contributed by atoms with van der Waals surface area (Å²) in [5.74, 6) is 0.476. The van der Waals surface area contributed by atoms with Gasteiger partial charge in [-0.05, 0) is 25.7 Å². The van der Waals surface area contributed by atoms with Crippen LogP contribution in [0.15, 0.2) is 0 Å². The number of aliphatic hydroxyl groups excluding tert-OH is 1. The maximum absolute atomic E-state index is 11.3. The van der Waals surface area contributed by atoms with Crippen LogP contribution in [0.2, 0.25) is 0 Å². The Hall–Kier alpha value is -0.770. The van der Waals surface area contributed by atoms with Crippen molar-refractivity contribution in [2.45, 2.75) is 25.9 Å². The van der Waals surface area contributed by atoms with Gasteiger partial charge in [0, 0.05) is 20.1 Å². The molecule has 0 atom stereocenters. The summed E-state index contributed by atoms with van der Waals surface area (Å²) < 4.78 is 0. The molecular formula is C9H18N2O2. The van der Waals surface area contributed by atoms with E-state index in [1.54, 1.807) is 11.9 Å². The third-order valence-corrected chi connectivity index (χ3v) is 2.57. The lowest BCUT2D eigenvalue weighted by Crippen LogP contribution is -2.43. The van der Waals surface area contributed by atoms with E-state index in [9.17, 15) is 4.79 Å². The molecule has 0 unspecified atom stereocenters. The average Bonchev–Trinajstić information content (AvgIpc) is 2.08. The first-order chi connectivity index (χ1) is 6.13. The molecule has 0 aromatic rings. The second-order valence-corrected chi connectivity index (χ2v) is 3.69. The van der Waals surface area contributed by atoms with Crippen LogP contribution in [0, 0.1) is 5.92 Å². The van der Waals surface area contributed by atoms with Gasteiger partial charge in [-0.1, -0.05) is 0 Å². The molecule has 4 nitrogen and oxygen atoms in total. The summed E-state index contributed by atoms with van der Waals surface area (Å²) in [6.07, 6.45) is 1.53. The van der Waals surface area contributed by atoms with Crippen molar-refractivity contribution in [3.63, 3.8) is 0 Å². The summed E-state index contributed by atoms with van der Waals surface area (Å²) >= 11 is 0. The topological polar surface area (TPSA) is 52.6 Å². The predicted molar refractivity (Wildman–Crippen MR) is 50.4 cm³/mol. The molecule has 0 aromatic heterocycles. The highest BCUT2D eigenvalue weighted by Gasteiger charge is 2.27. The first kappa shape index (κ1) is 10.3. The zero-order valence-corrected chi connectivity index (χ0v) is 8.29. The van der Waals surface area contributed by atoms with Gasteiger partial charge in [0.05, 0.1) is 6.10 Å². The standard InChI is InChI=1S/C9H18N2O2/c1-3-11(2)9(13)10-6-7-4-8(12)5-7/h7-8,12H,3-6H2,1-2H3,(H,10,13). The Bertz CT molecular complexity index is 178. The van der Waals surface area contributed by atoms with Gasteiger partial charge in [-0.25, -0.2) is 4.79 Å². The molecule has 0 saturated heterocycles. The molecule has 13 heavy (non-hydrogen) atoms. The number of aliphatic hydroxyl groups is 1. The van der Waals surface area contributed by atoms with E-state index in [2.05, 4.69) is 5.32 Å². The molecule has 0 aliphatic heterocycles. The average molecular weight is 186 g/mol. The van der Waals surface area contributed by atoms with Gasteiger partial charge >= 0.3 is 6.03 Å². The van der Waals surface area contributed by atoms with Crippen LogP contribution in [-0.2, 0) is 0 Å². The van der Waals surface area contributed by atoms with Gasteiger partial charge in [-0.15, -0.1) is 0 Å². The zero-order chi connectivity index (χ0) is 9.84. The van der Waals surface area contributed by atoms with Crippen molar-refractivity contribution in [3.05, 3.63) is 0 Å². The molecule has 76 valence electrons. The van der Waals surface area contributed by atoms with E-state index in [1.165, 1.54) is 0 Å². The summed E-state index contributed by atoms with van der Waals surface area (Å²) in [6.45, 7) is 3.35. The second-order valence-electron chi connectivity index (χ2n) is 3.69. The van der Waals surface area contributed by atoms with Gasteiger partial charge in [-0.3, -0.25) is 0 Å². The normalized spacial score (nSPS) is 26.4. The summed E-state index contributed by atoms with van der Waals surface area (Å²) in [7, 11) is 1.77. The molecule has 1 fully saturated rings. The molecule has 0 heterocycles. The Morgan fingerprint density at radius 3 is 2.69 bits per heavy atom. The fraction of sp³-hybridized carbons (Fsp3) is 0.889. The number of carbonyl (C=O) groups excluding carboxylic acids is 1. The minimum atomic E-state index is -0.134. The highest BCUT2D eigenvalue weighted by Crippen LogP contribution is 2.25. The van der Waals surface area contributed by atoms with Crippen LogP contribution < -0.4 is 5.32 Å². The number of nitrogens with one attached hydrogen (secondary N) is 1. The van der Waals surface area contributed by atoms with Gasteiger partial charge in [0.15, 0.2) is 0 Å². The van der Waals surface area contributed by atoms with Crippen LogP contribution in [0.25, 0.3) is 0 Å². The molecule has 0 radical (unpaired) electrons. The Labute approximate surface area is 78.9 Å². The summed E-state index contributed by atoms with van der Waals surface area (Å²) in [5, 5.41) is 11.8. The molecule has 1 aliphatic carbocycles. The summed E-state index contributed by atoms with van der Waals surface area (Å²) in [6, 6.07) is -0.0242. The first-order valence-corrected chi connectivity index (χ1v) is 4.80. The van der Waals surface area contributed by atoms with Crippen molar-refractivity contribution in [1.82, 2.24) is 10.2 Å². The van der Waals surface area contributed by atoms with E-state index >= 15 is 0 Å². The second kappa shape index (κ2) is 4.46. The quantitative estimate of drug-likeness (QED) is 0.671. The number of urea groups is 1. The van der Waals surface area contributed by atoms with E-state index < -0.39 is 0 Å². The Balaban J connectivity index is 2.09. The highest BCUT2D eigenvalue weighted by atomic mass is 16.3. The van der Waals surface area contributed by atoms with Crippen LogP contribution in [0.1, 0.15) is 19.8 Å². The molecule has 2 N–H and O–H groups in total. The molecular weight excluding hydrogens is 168 g/mol. The van der Waals surface area contributed by atoms with Crippen LogP contribution >= 0.6 is 0 Å².